The number of unbranched alkanes of at least 4 members (excludes halogenated alkanes) is 2. The summed E-state index contributed by atoms with van der Waals surface area (Å²) in [6.07, 6.45) is 13.1. The molecule has 0 bridgehead atoms. The Balaban J connectivity index is 4.62. The first-order valence-electron chi connectivity index (χ1n) is 7.26. The van der Waals surface area contributed by atoms with Gasteiger partial charge in [0.1, 0.15) is 0 Å². The Kier molecular flexibility index (Phi) is 8.29. The molecule has 0 N–H and O–H groups in total. The maximum atomic E-state index is 7.26. The van der Waals surface area contributed by atoms with Crippen molar-refractivity contribution in [1.82, 2.24) is 0 Å². The van der Waals surface area contributed by atoms with Crippen LogP contribution in [-0.4, -0.2) is 24.6 Å². The molecule has 0 aromatic rings. The Hall–Kier alpha value is 0.720. The van der Waals surface area contributed by atoms with Gasteiger partial charge in [-0.3, -0.25) is 0 Å². The molecule has 0 aliphatic carbocycles. The van der Waals surface area contributed by atoms with Crippen LogP contribution in [0.15, 0.2) is 0 Å². The molecule has 2 heteroatoms. The van der Waals surface area contributed by atoms with E-state index in [0.717, 1.165) is 0 Å². The summed E-state index contributed by atoms with van der Waals surface area (Å²) in [6, 6.07) is 0. The summed E-state index contributed by atoms with van der Waals surface area (Å²) in [7, 11) is 0. The van der Waals surface area contributed by atoms with Crippen molar-refractivity contribution in [1.29, 1.82) is 0 Å². The van der Waals surface area contributed by atoms with Crippen molar-refractivity contribution < 1.29 is 0 Å². The fraction of sp³-hybridized carbons (Fsp3) is 1.00. The number of halogens is 1. The standard InChI is InChI=1S/C14H32ClP/c1-5-9-10-14-16(15,11-6-2,12-7-3)13-8-4/h5-14H2,1-4H3. The molecule has 0 atom stereocenters. The second-order valence-electron chi connectivity index (χ2n) is 5.42. The van der Waals surface area contributed by atoms with Crippen LogP contribution in [-0.2, 0) is 0 Å². The molecule has 0 saturated heterocycles. The summed E-state index contributed by atoms with van der Waals surface area (Å²) < 4.78 is 0. The number of hydrogen-bond donors (Lipinski definition) is 0. The molecule has 0 aromatic carbocycles. The van der Waals surface area contributed by atoms with Crippen LogP contribution in [0.3, 0.4) is 0 Å². The Morgan fingerprint density at radius 2 is 1.06 bits per heavy atom. The molecule has 0 radical (unpaired) electrons. The van der Waals surface area contributed by atoms with Crippen LogP contribution in [0.5, 0.6) is 0 Å². The molecular weight excluding hydrogens is 235 g/mol. The summed E-state index contributed by atoms with van der Waals surface area (Å²) in [5.74, 6) is -1.84. The van der Waals surface area contributed by atoms with Gasteiger partial charge in [-0.2, -0.15) is 0 Å². The van der Waals surface area contributed by atoms with Gasteiger partial charge in [-0.1, -0.05) is 0 Å². The first-order chi connectivity index (χ1) is 7.54. The first kappa shape index (κ1) is 16.7. The molecule has 0 nitrogen and oxygen atoms in total. The van der Waals surface area contributed by atoms with E-state index in [9.17, 15) is 0 Å². The minimum absolute atomic E-state index is 1.27. The van der Waals surface area contributed by atoms with Crippen LogP contribution in [0.4, 0.5) is 0 Å². The van der Waals surface area contributed by atoms with Crippen molar-refractivity contribution in [2.75, 3.05) is 24.6 Å². The zero-order valence-electron chi connectivity index (χ0n) is 11.9. The van der Waals surface area contributed by atoms with E-state index in [0.29, 0.717) is 0 Å². The van der Waals surface area contributed by atoms with Crippen LogP contribution in [0, 0.1) is 0 Å². The van der Waals surface area contributed by atoms with Crippen LogP contribution >= 0.6 is 17.2 Å². The SMILES string of the molecule is CCCCCP(Cl)(CCC)(CCC)CCC. The van der Waals surface area contributed by atoms with Crippen molar-refractivity contribution in [2.24, 2.45) is 0 Å². The zero-order chi connectivity index (χ0) is 12.5. The average Bonchev–Trinajstić information content (AvgIpc) is 2.19. The summed E-state index contributed by atoms with van der Waals surface area (Å²) in [5.41, 5.74) is 0. The predicted molar refractivity (Wildman–Crippen MR) is 82.6 cm³/mol. The van der Waals surface area contributed by atoms with E-state index < -0.39 is 5.96 Å². The predicted octanol–water partition coefficient (Wildman–Crippen LogP) is 6.11. The van der Waals surface area contributed by atoms with Crippen LogP contribution in [0.2, 0.25) is 0 Å². The fourth-order valence-corrected chi connectivity index (χ4v) is 10.7. The molecule has 100 valence electrons. The second-order valence-corrected chi connectivity index (χ2v) is 13.7. The Labute approximate surface area is 108 Å². The first-order valence-corrected chi connectivity index (χ1v) is 11.1. The quantitative estimate of drug-likeness (QED) is 0.330. The molecule has 0 fully saturated rings. The molecule has 0 amide bonds. The van der Waals surface area contributed by atoms with E-state index in [1.807, 2.05) is 0 Å². The van der Waals surface area contributed by atoms with Gasteiger partial charge < -0.3 is 0 Å². The topological polar surface area (TPSA) is 0 Å². The van der Waals surface area contributed by atoms with Gasteiger partial charge in [0.05, 0.1) is 0 Å². The second kappa shape index (κ2) is 7.93. The van der Waals surface area contributed by atoms with E-state index in [1.165, 1.54) is 63.2 Å². The molecule has 0 rings (SSSR count). The van der Waals surface area contributed by atoms with Gasteiger partial charge in [-0.25, -0.2) is 0 Å². The molecule has 0 spiro atoms. The van der Waals surface area contributed by atoms with Crippen molar-refractivity contribution in [3.05, 3.63) is 0 Å². The van der Waals surface area contributed by atoms with E-state index in [4.69, 9.17) is 11.2 Å². The average molecular weight is 267 g/mol. The number of hydrogen-bond acceptors (Lipinski definition) is 0. The fourth-order valence-electron chi connectivity index (χ4n) is 3.10. The van der Waals surface area contributed by atoms with E-state index in [1.54, 1.807) is 0 Å². The molecule has 0 aromatic heterocycles. The van der Waals surface area contributed by atoms with Crippen molar-refractivity contribution in [3.8, 4) is 0 Å². The third kappa shape index (κ3) is 5.37. The molecular formula is C14H32ClP. The summed E-state index contributed by atoms with van der Waals surface area (Å²) in [6.45, 7) is 9.18. The molecule has 0 saturated carbocycles. The third-order valence-electron chi connectivity index (χ3n) is 3.67. The molecule has 0 aliphatic heterocycles. The molecule has 0 heterocycles. The normalized spacial score (nSPS) is 14.7. The van der Waals surface area contributed by atoms with Gasteiger partial charge in [-0.15, -0.1) is 0 Å². The van der Waals surface area contributed by atoms with Gasteiger partial charge in [-0.05, 0) is 0 Å². The monoisotopic (exact) mass is 266 g/mol. The maximum absolute atomic E-state index is 7.26. The minimum atomic E-state index is -1.84. The Bertz CT molecular complexity index is 160. The van der Waals surface area contributed by atoms with E-state index in [2.05, 4.69) is 27.7 Å². The van der Waals surface area contributed by atoms with Gasteiger partial charge in [0, 0.05) is 0 Å². The zero-order valence-corrected chi connectivity index (χ0v) is 13.5. The van der Waals surface area contributed by atoms with Gasteiger partial charge in [0.15, 0.2) is 0 Å². The Morgan fingerprint density at radius 1 is 0.625 bits per heavy atom. The summed E-state index contributed by atoms with van der Waals surface area (Å²) in [4.78, 5) is 0. The summed E-state index contributed by atoms with van der Waals surface area (Å²) >= 11 is 7.26. The van der Waals surface area contributed by atoms with Gasteiger partial charge in [0.25, 0.3) is 0 Å². The Morgan fingerprint density at radius 3 is 1.38 bits per heavy atom. The van der Waals surface area contributed by atoms with Gasteiger partial charge >= 0.3 is 108 Å². The van der Waals surface area contributed by atoms with Crippen LogP contribution in [0.25, 0.3) is 0 Å². The van der Waals surface area contributed by atoms with E-state index >= 15 is 0 Å². The van der Waals surface area contributed by atoms with Crippen molar-refractivity contribution in [2.45, 2.75) is 66.2 Å². The molecule has 16 heavy (non-hydrogen) atoms. The molecule has 0 unspecified atom stereocenters. The molecule has 0 aliphatic rings. The van der Waals surface area contributed by atoms with E-state index in [-0.39, 0.29) is 0 Å². The van der Waals surface area contributed by atoms with Crippen molar-refractivity contribution in [3.63, 3.8) is 0 Å². The number of rotatable bonds is 10. The van der Waals surface area contributed by atoms with Gasteiger partial charge in [0.2, 0.25) is 0 Å². The summed E-state index contributed by atoms with van der Waals surface area (Å²) in [5, 5.41) is 0. The van der Waals surface area contributed by atoms with Crippen LogP contribution < -0.4 is 0 Å². The third-order valence-corrected chi connectivity index (χ3v) is 11.8. The van der Waals surface area contributed by atoms with Crippen LogP contribution in [0.1, 0.15) is 66.2 Å². The van der Waals surface area contributed by atoms with Crippen molar-refractivity contribution >= 4 is 17.2 Å².